The Bertz CT molecular complexity index is 442. The number of carboxylic acid groups (broad SMARTS) is 1. The Hall–Kier alpha value is -1.69. The van der Waals surface area contributed by atoms with Crippen molar-refractivity contribution in [2.24, 2.45) is 0 Å². The number of nitrogens with zero attached hydrogens (tertiary/aromatic N) is 4. The summed E-state index contributed by atoms with van der Waals surface area (Å²) in [5.74, 6) is -1.03. The van der Waals surface area contributed by atoms with E-state index in [1.165, 1.54) is 11.8 Å². The van der Waals surface area contributed by atoms with E-state index < -0.39 is 5.97 Å². The lowest BCUT2D eigenvalue weighted by molar-refractivity contribution is 0.0690. The SMILES string of the molecule is CC(C)=CCN1CC(n2cc(C(=O)O)nn2)C1. The van der Waals surface area contributed by atoms with E-state index in [1.54, 1.807) is 4.68 Å². The zero-order valence-electron chi connectivity index (χ0n) is 10.00. The number of carbonyl (C=O) groups is 1. The molecule has 1 aromatic rings. The highest BCUT2D eigenvalue weighted by Crippen LogP contribution is 2.20. The van der Waals surface area contributed by atoms with Crippen LogP contribution in [0, 0.1) is 0 Å². The summed E-state index contributed by atoms with van der Waals surface area (Å²) in [6, 6.07) is 0.251. The summed E-state index contributed by atoms with van der Waals surface area (Å²) in [7, 11) is 0. The molecule has 1 aliphatic heterocycles. The van der Waals surface area contributed by atoms with Gasteiger partial charge in [-0.3, -0.25) is 4.90 Å². The first-order valence-corrected chi connectivity index (χ1v) is 5.57. The van der Waals surface area contributed by atoms with Crippen LogP contribution in [0.2, 0.25) is 0 Å². The summed E-state index contributed by atoms with van der Waals surface area (Å²) < 4.78 is 1.64. The van der Waals surface area contributed by atoms with Crippen LogP contribution in [0.3, 0.4) is 0 Å². The lowest BCUT2D eigenvalue weighted by Crippen LogP contribution is -2.47. The van der Waals surface area contributed by atoms with E-state index in [2.05, 4.69) is 35.1 Å². The van der Waals surface area contributed by atoms with E-state index >= 15 is 0 Å². The second-order valence-corrected chi connectivity index (χ2v) is 4.54. The molecule has 0 radical (unpaired) electrons. The first-order valence-electron chi connectivity index (χ1n) is 5.57. The average molecular weight is 236 g/mol. The zero-order chi connectivity index (χ0) is 12.4. The maximum Gasteiger partial charge on any atom is 0.358 e. The van der Waals surface area contributed by atoms with Gasteiger partial charge in [0, 0.05) is 19.6 Å². The lowest BCUT2D eigenvalue weighted by Gasteiger charge is -2.38. The molecule has 1 fully saturated rings. The van der Waals surface area contributed by atoms with Gasteiger partial charge in [0.05, 0.1) is 12.2 Å². The Balaban J connectivity index is 1.86. The molecule has 92 valence electrons. The standard InChI is InChI=1S/C11H16N4O2/c1-8(2)3-4-14-5-9(6-14)15-7-10(11(16)17)12-13-15/h3,7,9H,4-6H2,1-2H3,(H,16,17). The van der Waals surface area contributed by atoms with E-state index in [9.17, 15) is 4.79 Å². The van der Waals surface area contributed by atoms with Gasteiger partial charge < -0.3 is 5.11 Å². The third kappa shape index (κ3) is 2.71. The second-order valence-electron chi connectivity index (χ2n) is 4.54. The predicted molar refractivity (Wildman–Crippen MR) is 61.9 cm³/mol. The van der Waals surface area contributed by atoms with Crippen LogP contribution in [0.15, 0.2) is 17.8 Å². The van der Waals surface area contributed by atoms with Crippen LogP contribution in [0.1, 0.15) is 30.4 Å². The summed E-state index contributed by atoms with van der Waals surface area (Å²) >= 11 is 0. The molecule has 0 atom stereocenters. The number of carboxylic acids is 1. The second kappa shape index (κ2) is 4.67. The van der Waals surface area contributed by atoms with Crippen LogP contribution in [-0.2, 0) is 0 Å². The molecule has 2 rings (SSSR count). The first kappa shape index (κ1) is 11.8. The van der Waals surface area contributed by atoms with Crippen molar-refractivity contribution in [1.82, 2.24) is 19.9 Å². The number of allylic oxidation sites excluding steroid dienone is 1. The van der Waals surface area contributed by atoms with E-state index in [0.717, 1.165) is 19.6 Å². The van der Waals surface area contributed by atoms with Crippen LogP contribution in [0.25, 0.3) is 0 Å². The maximum atomic E-state index is 10.7. The van der Waals surface area contributed by atoms with Crippen LogP contribution >= 0.6 is 0 Å². The molecule has 1 saturated heterocycles. The van der Waals surface area contributed by atoms with Gasteiger partial charge in [-0.2, -0.15) is 0 Å². The summed E-state index contributed by atoms with van der Waals surface area (Å²) in [6.45, 7) is 6.89. The number of likely N-dealkylation sites (tertiary alicyclic amines) is 1. The lowest BCUT2D eigenvalue weighted by atomic mass is 10.1. The molecule has 0 unspecified atom stereocenters. The molecule has 6 heteroatoms. The number of rotatable bonds is 4. The van der Waals surface area contributed by atoms with Gasteiger partial charge in [-0.05, 0) is 13.8 Å². The molecule has 17 heavy (non-hydrogen) atoms. The van der Waals surface area contributed by atoms with Gasteiger partial charge in [-0.25, -0.2) is 9.48 Å². The normalized spacial score (nSPS) is 16.6. The Kier molecular flexibility index (Phi) is 3.23. The minimum Gasteiger partial charge on any atom is -0.476 e. The van der Waals surface area contributed by atoms with Crippen molar-refractivity contribution < 1.29 is 9.90 Å². The molecule has 0 saturated carbocycles. The molecule has 0 bridgehead atoms. The van der Waals surface area contributed by atoms with E-state index in [0.29, 0.717) is 0 Å². The summed E-state index contributed by atoms with van der Waals surface area (Å²) in [4.78, 5) is 12.9. The number of hydrogen-bond donors (Lipinski definition) is 1. The zero-order valence-corrected chi connectivity index (χ0v) is 10.00. The molecule has 1 N–H and O–H groups in total. The number of hydrogen-bond acceptors (Lipinski definition) is 4. The first-order chi connectivity index (χ1) is 8.06. The van der Waals surface area contributed by atoms with Crippen molar-refractivity contribution in [3.05, 3.63) is 23.5 Å². The maximum absolute atomic E-state index is 10.7. The van der Waals surface area contributed by atoms with E-state index in [-0.39, 0.29) is 11.7 Å². The molecule has 0 aliphatic carbocycles. The smallest absolute Gasteiger partial charge is 0.358 e. The molecule has 1 aromatic heterocycles. The average Bonchev–Trinajstić information content (AvgIpc) is 2.63. The fourth-order valence-corrected chi connectivity index (χ4v) is 1.72. The van der Waals surface area contributed by atoms with Gasteiger partial charge in [0.25, 0.3) is 0 Å². The molecule has 1 aliphatic rings. The fraction of sp³-hybridized carbons (Fsp3) is 0.545. The monoisotopic (exact) mass is 236 g/mol. The quantitative estimate of drug-likeness (QED) is 0.783. The molecule has 0 amide bonds. The minimum atomic E-state index is -1.03. The molecule has 2 heterocycles. The highest BCUT2D eigenvalue weighted by atomic mass is 16.4. The van der Waals surface area contributed by atoms with Crippen molar-refractivity contribution >= 4 is 5.97 Å². The molecule has 0 spiro atoms. The molecular formula is C11H16N4O2. The van der Waals surface area contributed by atoms with E-state index in [1.807, 2.05) is 0 Å². The third-order valence-electron chi connectivity index (χ3n) is 2.80. The van der Waals surface area contributed by atoms with Crippen LogP contribution < -0.4 is 0 Å². The molecule has 0 aromatic carbocycles. The molecular weight excluding hydrogens is 220 g/mol. The van der Waals surface area contributed by atoms with Crippen LogP contribution in [-0.4, -0.2) is 50.6 Å². The van der Waals surface area contributed by atoms with Crippen molar-refractivity contribution in [2.75, 3.05) is 19.6 Å². The highest BCUT2D eigenvalue weighted by Gasteiger charge is 2.28. The topological polar surface area (TPSA) is 71.2 Å². The number of aromatic carboxylic acids is 1. The summed E-state index contributed by atoms with van der Waals surface area (Å²) in [5.41, 5.74) is 1.31. The van der Waals surface area contributed by atoms with Gasteiger partial charge in [-0.15, -0.1) is 5.10 Å². The van der Waals surface area contributed by atoms with Gasteiger partial charge in [0.2, 0.25) is 0 Å². The third-order valence-corrected chi connectivity index (χ3v) is 2.80. The summed E-state index contributed by atoms with van der Waals surface area (Å²) in [6.07, 6.45) is 3.67. The van der Waals surface area contributed by atoms with Gasteiger partial charge in [-0.1, -0.05) is 16.9 Å². The number of aromatic nitrogens is 3. The Labute approximate surface area is 99.5 Å². The Morgan fingerprint density at radius 3 is 2.82 bits per heavy atom. The van der Waals surface area contributed by atoms with Crippen LogP contribution in [0.4, 0.5) is 0 Å². The van der Waals surface area contributed by atoms with Gasteiger partial charge in [0.1, 0.15) is 0 Å². The highest BCUT2D eigenvalue weighted by molar-refractivity contribution is 5.84. The predicted octanol–water partition coefficient (Wildman–Crippen LogP) is 0.799. The summed E-state index contributed by atoms with van der Waals surface area (Å²) in [5, 5.41) is 16.2. The fourth-order valence-electron chi connectivity index (χ4n) is 1.72. The Morgan fingerprint density at radius 2 is 2.29 bits per heavy atom. The van der Waals surface area contributed by atoms with Crippen molar-refractivity contribution in [3.8, 4) is 0 Å². The van der Waals surface area contributed by atoms with Crippen LogP contribution in [0.5, 0.6) is 0 Å². The molecule has 6 nitrogen and oxygen atoms in total. The largest absolute Gasteiger partial charge is 0.476 e. The van der Waals surface area contributed by atoms with Gasteiger partial charge in [0.15, 0.2) is 5.69 Å². The van der Waals surface area contributed by atoms with E-state index in [4.69, 9.17) is 5.11 Å². The van der Waals surface area contributed by atoms with Gasteiger partial charge >= 0.3 is 5.97 Å². The minimum absolute atomic E-state index is 0.00717. The van der Waals surface area contributed by atoms with Crippen molar-refractivity contribution in [3.63, 3.8) is 0 Å². The Morgan fingerprint density at radius 1 is 1.59 bits per heavy atom. The van der Waals surface area contributed by atoms with Crippen molar-refractivity contribution in [1.29, 1.82) is 0 Å². The van der Waals surface area contributed by atoms with Crippen molar-refractivity contribution in [2.45, 2.75) is 19.9 Å².